The number of aryl methyl sites for hydroxylation is 1. The number of carbonyl (C=O) groups is 3. The molecule has 3 aromatic heterocycles. The number of fused-ring (bicyclic) bond motifs is 2. The van der Waals surface area contributed by atoms with E-state index in [0.717, 1.165) is 30.3 Å². The number of aromatic nitrogens is 6. The van der Waals surface area contributed by atoms with Crippen LogP contribution in [0.15, 0.2) is 24.4 Å². The summed E-state index contributed by atoms with van der Waals surface area (Å²) in [4.78, 5) is 44.4. The lowest BCUT2D eigenvalue weighted by atomic mass is 10.1. The minimum atomic E-state index is -0.747. The summed E-state index contributed by atoms with van der Waals surface area (Å²) >= 11 is 0. The van der Waals surface area contributed by atoms with Gasteiger partial charge >= 0.3 is 18.2 Å². The Morgan fingerprint density at radius 2 is 1.78 bits per heavy atom. The summed E-state index contributed by atoms with van der Waals surface area (Å²) in [5.74, 6) is -0.0156. The molecule has 5 rings (SSSR count). The highest BCUT2D eigenvalue weighted by molar-refractivity contribution is 5.97. The molecule has 0 unspecified atom stereocenters. The van der Waals surface area contributed by atoms with Crippen molar-refractivity contribution in [3.63, 3.8) is 0 Å². The number of rotatable bonds is 9. The number of hydrogen-bond donors (Lipinski definition) is 2. The van der Waals surface area contributed by atoms with E-state index in [4.69, 9.17) is 23.9 Å². The summed E-state index contributed by atoms with van der Waals surface area (Å²) in [6.07, 6.45) is 2.57. The van der Waals surface area contributed by atoms with E-state index in [1.165, 1.54) is 15.6 Å². The number of anilines is 3. The van der Waals surface area contributed by atoms with E-state index >= 15 is 0 Å². The fourth-order valence-electron chi connectivity index (χ4n) is 5.49. The molecule has 0 aliphatic heterocycles. The molecule has 2 N–H and O–H groups in total. The third-order valence-corrected chi connectivity index (χ3v) is 7.62. The Hall–Kier alpha value is -4.99. The maximum absolute atomic E-state index is 13.1. The number of amides is 2. The van der Waals surface area contributed by atoms with E-state index in [9.17, 15) is 14.4 Å². The third kappa shape index (κ3) is 8.36. The van der Waals surface area contributed by atoms with Crippen LogP contribution < -0.4 is 15.5 Å². The Labute approximate surface area is 284 Å². The number of alkyl carbamates (subject to hydrolysis) is 1. The first-order chi connectivity index (χ1) is 23.0. The Balaban J connectivity index is 1.46. The average molecular weight is 680 g/mol. The maximum atomic E-state index is 13.1. The van der Waals surface area contributed by atoms with Gasteiger partial charge in [-0.05, 0) is 85.4 Å². The monoisotopic (exact) mass is 679 g/mol. The molecule has 1 saturated carbocycles. The van der Waals surface area contributed by atoms with Gasteiger partial charge in [-0.3, -0.25) is 4.90 Å². The zero-order valence-electron chi connectivity index (χ0n) is 29.5. The van der Waals surface area contributed by atoms with E-state index < -0.39 is 29.4 Å². The van der Waals surface area contributed by atoms with E-state index in [1.807, 2.05) is 32.9 Å². The first kappa shape index (κ1) is 35.3. The lowest BCUT2D eigenvalue weighted by Crippen LogP contribution is -2.43. The molecule has 4 aromatic rings. The van der Waals surface area contributed by atoms with E-state index in [1.54, 1.807) is 52.5 Å². The Bertz CT molecular complexity index is 1850. The van der Waals surface area contributed by atoms with Crippen molar-refractivity contribution in [3.05, 3.63) is 35.5 Å². The highest BCUT2D eigenvalue weighted by atomic mass is 16.6. The molecule has 16 nitrogen and oxygen atoms in total. The number of hydrogen-bond acceptors (Lipinski definition) is 12. The predicted octanol–water partition coefficient (Wildman–Crippen LogP) is 5.27. The second-order valence-corrected chi connectivity index (χ2v) is 13.9. The lowest BCUT2D eigenvalue weighted by Gasteiger charge is -2.25. The molecule has 0 spiro atoms. The molecule has 2 amide bonds. The number of benzene rings is 1. The van der Waals surface area contributed by atoms with E-state index in [-0.39, 0.29) is 42.4 Å². The summed E-state index contributed by atoms with van der Waals surface area (Å²) in [6, 6.07) is 5.28. The van der Waals surface area contributed by atoms with Crippen molar-refractivity contribution in [2.24, 2.45) is 7.05 Å². The van der Waals surface area contributed by atoms with Crippen molar-refractivity contribution < 1.29 is 33.3 Å². The number of nitrogens with zero attached hydrogens (tertiary/aromatic N) is 7. The van der Waals surface area contributed by atoms with Gasteiger partial charge in [0.15, 0.2) is 5.65 Å². The molecule has 16 heteroatoms. The summed E-state index contributed by atoms with van der Waals surface area (Å²) < 4.78 is 25.7. The van der Waals surface area contributed by atoms with Gasteiger partial charge in [0.1, 0.15) is 33.9 Å². The van der Waals surface area contributed by atoms with Crippen LogP contribution in [0.2, 0.25) is 0 Å². The SMILES string of the molecule is CCOC(=O)c1cnn2c(N(C)C(=O)OC(C)(C)C)cc(Nc3cc(CO[C@@H]4CCC[C@H]4NC(=O)OC(C)(C)C)cc4c3nnn4C)nc12. The van der Waals surface area contributed by atoms with Gasteiger partial charge in [0.2, 0.25) is 0 Å². The summed E-state index contributed by atoms with van der Waals surface area (Å²) in [5, 5.41) is 19.2. The molecule has 0 saturated heterocycles. The van der Waals surface area contributed by atoms with Gasteiger partial charge in [-0.15, -0.1) is 5.10 Å². The lowest BCUT2D eigenvalue weighted by molar-refractivity contribution is 0.0166. The molecule has 1 fully saturated rings. The fourth-order valence-corrected chi connectivity index (χ4v) is 5.49. The summed E-state index contributed by atoms with van der Waals surface area (Å²) in [5.41, 5.74) is 1.66. The van der Waals surface area contributed by atoms with Gasteiger partial charge in [0, 0.05) is 20.2 Å². The van der Waals surface area contributed by atoms with Crippen LogP contribution in [0.25, 0.3) is 16.7 Å². The fraction of sp³-hybridized carbons (Fsp3) is 0.545. The Morgan fingerprint density at radius 3 is 2.47 bits per heavy atom. The van der Waals surface area contributed by atoms with Gasteiger partial charge in [0.25, 0.3) is 0 Å². The standard InChI is InChI=1S/C33H45N9O7/c1-10-46-29(43)20-17-34-42-26(40(8)31(45)49-33(5,6)7)16-25(37-28(20)42)35-22-14-19(15-23-27(22)38-39-41(23)9)18-47-24-13-11-12-21(24)36-30(44)48-32(2,3)4/h14-17,21,24H,10-13,18H2,1-9H3,(H,35,37)(H,36,44)/t21-,24-/m1/s1. The molecular formula is C33H45N9O7. The van der Waals surface area contributed by atoms with Crippen LogP contribution >= 0.6 is 0 Å². The summed E-state index contributed by atoms with van der Waals surface area (Å²) in [6.45, 7) is 12.9. The minimum Gasteiger partial charge on any atom is -0.462 e. The largest absolute Gasteiger partial charge is 0.462 e. The number of ether oxygens (including phenoxy) is 4. The zero-order valence-corrected chi connectivity index (χ0v) is 29.5. The van der Waals surface area contributed by atoms with Crippen molar-refractivity contribution >= 4 is 52.2 Å². The van der Waals surface area contributed by atoms with Crippen LogP contribution in [0.5, 0.6) is 0 Å². The van der Waals surface area contributed by atoms with Crippen LogP contribution in [-0.2, 0) is 32.6 Å². The second-order valence-electron chi connectivity index (χ2n) is 13.9. The second kappa shape index (κ2) is 13.9. The molecule has 2 atom stereocenters. The third-order valence-electron chi connectivity index (χ3n) is 7.62. The zero-order chi connectivity index (χ0) is 35.7. The van der Waals surface area contributed by atoms with Gasteiger partial charge in [-0.25, -0.2) is 24.0 Å². The topological polar surface area (TPSA) is 176 Å². The van der Waals surface area contributed by atoms with Crippen molar-refractivity contribution in [1.82, 2.24) is 34.9 Å². The highest BCUT2D eigenvalue weighted by Gasteiger charge is 2.31. The van der Waals surface area contributed by atoms with Crippen LogP contribution in [0.3, 0.4) is 0 Å². The molecule has 3 heterocycles. The van der Waals surface area contributed by atoms with Gasteiger partial charge in [-0.1, -0.05) is 5.21 Å². The Kier molecular flexibility index (Phi) is 9.99. The Morgan fingerprint density at radius 1 is 1.04 bits per heavy atom. The van der Waals surface area contributed by atoms with Crippen LogP contribution in [0.4, 0.5) is 26.9 Å². The van der Waals surface area contributed by atoms with Gasteiger partial charge < -0.3 is 29.6 Å². The van der Waals surface area contributed by atoms with Crippen molar-refractivity contribution in [2.45, 2.75) is 97.7 Å². The first-order valence-electron chi connectivity index (χ1n) is 16.3. The van der Waals surface area contributed by atoms with Gasteiger partial charge in [-0.2, -0.15) is 9.61 Å². The number of carbonyl (C=O) groups excluding carboxylic acids is 3. The van der Waals surface area contributed by atoms with Crippen molar-refractivity contribution in [3.8, 4) is 0 Å². The molecule has 0 bridgehead atoms. The molecular weight excluding hydrogens is 634 g/mol. The molecule has 1 aromatic carbocycles. The molecule has 49 heavy (non-hydrogen) atoms. The number of nitrogens with one attached hydrogen (secondary N) is 2. The molecule has 264 valence electrons. The van der Waals surface area contributed by atoms with Crippen LogP contribution in [0, 0.1) is 0 Å². The smallest absolute Gasteiger partial charge is 0.415 e. The molecule has 1 aliphatic carbocycles. The van der Waals surface area contributed by atoms with Crippen molar-refractivity contribution in [2.75, 3.05) is 23.9 Å². The summed E-state index contributed by atoms with van der Waals surface area (Å²) in [7, 11) is 3.34. The molecule has 1 aliphatic rings. The highest BCUT2D eigenvalue weighted by Crippen LogP contribution is 2.31. The molecule has 0 radical (unpaired) electrons. The predicted molar refractivity (Wildman–Crippen MR) is 181 cm³/mol. The first-order valence-corrected chi connectivity index (χ1v) is 16.3. The number of esters is 1. The van der Waals surface area contributed by atoms with Crippen LogP contribution in [-0.4, -0.2) is 84.8 Å². The quantitative estimate of drug-likeness (QED) is 0.173. The average Bonchev–Trinajstić information content (AvgIpc) is 3.72. The minimum absolute atomic E-state index is 0.127. The van der Waals surface area contributed by atoms with Crippen LogP contribution in [0.1, 0.15) is 83.7 Å². The van der Waals surface area contributed by atoms with Crippen molar-refractivity contribution in [1.29, 1.82) is 0 Å². The normalized spacial score (nSPS) is 16.5. The van der Waals surface area contributed by atoms with Gasteiger partial charge in [0.05, 0.1) is 42.8 Å². The van der Waals surface area contributed by atoms with E-state index in [0.29, 0.717) is 17.0 Å². The van der Waals surface area contributed by atoms with E-state index in [2.05, 4.69) is 26.0 Å². The maximum Gasteiger partial charge on any atom is 0.415 e.